The molecule has 0 N–H and O–H groups in total. The Morgan fingerprint density at radius 1 is 1.18 bits per heavy atom. The van der Waals surface area contributed by atoms with Gasteiger partial charge in [-0.15, -0.1) is 0 Å². The minimum atomic E-state index is 0.216. The van der Waals surface area contributed by atoms with E-state index in [1.165, 1.54) is 11.1 Å². The van der Waals surface area contributed by atoms with Gasteiger partial charge in [-0.2, -0.15) is 0 Å². The molecule has 0 saturated carbocycles. The van der Waals surface area contributed by atoms with Crippen LogP contribution in [-0.2, 0) is 5.41 Å². The van der Waals surface area contributed by atoms with Crippen LogP contribution in [0.3, 0.4) is 0 Å². The molecule has 1 aromatic rings. The van der Waals surface area contributed by atoms with Gasteiger partial charge >= 0.3 is 0 Å². The number of hydrogen-bond acceptors (Lipinski definition) is 2. The van der Waals surface area contributed by atoms with E-state index in [-0.39, 0.29) is 5.41 Å². The first-order chi connectivity index (χ1) is 8.08. The lowest BCUT2D eigenvalue weighted by molar-refractivity contribution is 0.296. The summed E-state index contributed by atoms with van der Waals surface area (Å²) in [5.41, 5.74) is 2.97. The first-order valence-corrected chi connectivity index (χ1v) is 7.07. The van der Waals surface area contributed by atoms with Crippen LogP contribution >= 0.6 is 15.9 Å². The van der Waals surface area contributed by atoms with Crippen molar-refractivity contribution in [3.05, 3.63) is 23.3 Å². The van der Waals surface area contributed by atoms with Crippen LogP contribution < -0.4 is 9.47 Å². The number of halogens is 1. The Labute approximate surface area is 110 Å². The van der Waals surface area contributed by atoms with Crippen molar-refractivity contribution in [3.63, 3.8) is 0 Å². The van der Waals surface area contributed by atoms with E-state index >= 15 is 0 Å². The molecule has 0 aromatic heterocycles. The van der Waals surface area contributed by atoms with E-state index in [4.69, 9.17) is 9.47 Å². The fourth-order valence-corrected chi connectivity index (χ4v) is 3.93. The molecular formula is C14H17BrO2. The monoisotopic (exact) mass is 296 g/mol. The molecule has 2 nitrogen and oxygen atoms in total. The van der Waals surface area contributed by atoms with Gasteiger partial charge in [0.05, 0.1) is 13.2 Å². The Hall–Kier alpha value is -0.700. The molecule has 3 heteroatoms. The van der Waals surface area contributed by atoms with E-state index in [1.54, 1.807) is 0 Å². The topological polar surface area (TPSA) is 18.5 Å². The molecule has 1 aromatic carbocycles. The number of rotatable bonds is 0. The molecule has 1 unspecified atom stereocenters. The van der Waals surface area contributed by atoms with Crippen LogP contribution in [0.1, 0.15) is 42.6 Å². The van der Waals surface area contributed by atoms with Crippen molar-refractivity contribution in [1.82, 2.24) is 0 Å². The van der Waals surface area contributed by atoms with Crippen LogP contribution in [0.15, 0.2) is 12.1 Å². The third-order valence-corrected chi connectivity index (χ3v) is 4.49. The maximum absolute atomic E-state index is 5.76. The summed E-state index contributed by atoms with van der Waals surface area (Å²) in [7, 11) is 0. The summed E-state index contributed by atoms with van der Waals surface area (Å²) in [6.07, 6.45) is 2.09. The van der Waals surface area contributed by atoms with Crippen molar-refractivity contribution in [2.75, 3.05) is 13.2 Å². The normalized spacial score (nSPS) is 25.2. The van der Waals surface area contributed by atoms with Crippen LogP contribution in [0.5, 0.6) is 11.5 Å². The molecule has 0 saturated heterocycles. The molecule has 2 aliphatic rings. The Bertz CT molecular complexity index is 454. The largest absolute Gasteiger partial charge is 0.490 e. The molecule has 0 radical (unpaired) electrons. The molecule has 17 heavy (non-hydrogen) atoms. The van der Waals surface area contributed by atoms with E-state index < -0.39 is 0 Å². The Morgan fingerprint density at radius 3 is 2.53 bits per heavy atom. The predicted octanol–water partition coefficient (Wildman–Crippen LogP) is 3.97. The molecular weight excluding hydrogens is 280 g/mol. The summed E-state index contributed by atoms with van der Waals surface area (Å²) in [6, 6.07) is 4.33. The van der Waals surface area contributed by atoms with Crippen molar-refractivity contribution in [2.24, 2.45) is 0 Å². The van der Waals surface area contributed by atoms with Gasteiger partial charge in [0.2, 0.25) is 0 Å². The molecule has 3 rings (SSSR count). The highest BCUT2D eigenvalue weighted by Crippen LogP contribution is 2.51. The highest BCUT2D eigenvalue weighted by molar-refractivity contribution is 9.09. The summed E-state index contributed by atoms with van der Waals surface area (Å²) in [5.74, 6) is 1.82. The van der Waals surface area contributed by atoms with Crippen molar-refractivity contribution >= 4 is 15.9 Å². The van der Waals surface area contributed by atoms with Crippen LogP contribution in [0, 0.1) is 0 Å². The smallest absolute Gasteiger partial charge is 0.161 e. The van der Waals surface area contributed by atoms with Crippen molar-refractivity contribution in [3.8, 4) is 11.5 Å². The second-order valence-electron chi connectivity index (χ2n) is 5.49. The molecule has 1 atom stereocenters. The van der Waals surface area contributed by atoms with Crippen LogP contribution in [-0.4, -0.2) is 13.2 Å². The second-order valence-corrected chi connectivity index (χ2v) is 6.60. The van der Waals surface area contributed by atoms with Crippen molar-refractivity contribution < 1.29 is 9.47 Å². The predicted molar refractivity (Wildman–Crippen MR) is 71.4 cm³/mol. The fourth-order valence-electron chi connectivity index (χ4n) is 2.74. The number of hydrogen-bond donors (Lipinski definition) is 0. The average Bonchev–Trinajstić information content (AvgIpc) is 2.46. The SMILES string of the molecule is CC1(C)CC(Br)c2cc3c(cc21)OCCCO3. The van der Waals surface area contributed by atoms with Crippen LogP contribution in [0.2, 0.25) is 0 Å². The van der Waals surface area contributed by atoms with Gasteiger partial charge in [0, 0.05) is 11.2 Å². The van der Waals surface area contributed by atoms with E-state index in [0.29, 0.717) is 4.83 Å². The van der Waals surface area contributed by atoms with Crippen LogP contribution in [0.4, 0.5) is 0 Å². The Balaban J connectivity index is 2.12. The third kappa shape index (κ3) is 1.85. The van der Waals surface area contributed by atoms with Gasteiger partial charge in [-0.05, 0) is 35.1 Å². The zero-order valence-electron chi connectivity index (χ0n) is 10.3. The summed E-state index contributed by atoms with van der Waals surface area (Å²) in [5, 5.41) is 0. The standard InChI is InChI=1S/C14H17BrO2/c1-14(2)8-11(15)9-6-12-13(7-10(9)14)17-5-3-4-16-12/h6-7,11H,3-5,8H2,1-2H3. The van der Waals surface area contributed by atoms with E-state index in [2.05, 4.69) is 41.9 Å². The van der Waals surface area contributed by atoms with Gasteiger partial charge in [0.15, 0.2) is 11.5 Å². The zero-order chi connectivity index (χ0) is 12.0. The quantitative estimate of drug-likeness (QED) is 0.675. The second kappa shape index (κ2) is 3.91. The third-order valence-electron chi connectivity index (χ3n) is 3.68. The summed E-state index contributed by atoms with van der Waals surface area (Å²) in [4.78, 5) is 0.435. The van der Waals surface area contributed by atoms with E-state index in [1.807, 2.05) is 0 Å². The molecule has 1 aliphatic carbocycles. The van der Waals surface area contributed by atoms with Crippen molar-refractivity contribution in [1.29, 1.82) is 0 Å². The van der Waals surface area contributed by atoms with Gasteiger partial charge in [0.1, 0.15) is 0 Å². The Kier molecular flexibility index (Phi) is 2.62. The summed E-state index contributed by atoms with van der Waals surface area (Å²) >= 11 is 3.76. The highest BCUT2D eigenvalue weighted by atomic mass is 79.9. The van der Waals surface area contributed by atoms with Gasteiger partial charge in [0.25, 0.3) is 0 Å². The van der Waals surface area contributed by atoms with Gasteiger partial charge < -0.3 is 9.47 Å². The molecule has 1 aliphatic heterocycles. The minimum absolute atomic E-state index is 0.216. The lowest BCUT2D eigenvalue weighted by Gasteiger charge is -2.20. The highest BCUT2D eigenvalue weighted by Gasteiger charge is 2.37. The first-order valence-electron chi connectivity index (χ1n) is 6.16. The lowest BCUT2D eigenvalue weighted by Crippen LogP contribution is -2.12. The first kappa shape index (κ1) is 11.4. The fraction of sp³-hybridized carbons (Fsp3) is 0.571. The van der Waals surface area contributed by atoms with Crippen molar-refractivity contribution in [2.45, 2.75) is 36.9 Å². The molecule has 1 heterocycles. The van der Waals surface area contributed by atoms with E-state index in [9.17, 15) is 0 Å². The summed E-state index contributed by atoms with van der Waals surface area (Å²) in [6.45, 7) is 6.08. The number of alkyl halides is 1. The number of ether oxygens (including phenoxy) is 2. The van der Waals surface area contributed by atoms with Gasteiger partial charge in [-0.25, -0.2) is 0 Å². The molecule has 0 fully saturated rings. The molecule has 92 valence electrons. The maximum atomic E-state index is 5.76. The van der Waals surface area contributed by atoms with Gasteiger partial charge in [-0.1, -0.05) is 29.8 Å². The number of benzene rings is 1. The lowest BCUT2D eigenvalue weighted by atomic mass is 9.86. The van der Waals surface area contributed by atoms with Gasteiger partial charge in [-0.3, -0.25) is 0 Å². The van der Waals surface area contributed by atoms with Crippen LogP contribution in [0.25, 0.3) is 0 Å². The average molecular weight is 297 g/mol. The maximum Gasteiger partial charge on any atom is 0.161 e. The Morgan fingerprint density at radius 2 is 1.82 bits per heavy atom. The zero-order valence-corrected chi connectivity index (χ0v) is 11.8. The number of fused-ring (bicyclic) bond motifs is 2. The summed E-state index contributed by atoms with van der Waals surface area (Å²) < 4.78 is 11.5. The minimum Gasteiger partial charge on any atom is -0.490 e. The van der Waals surface area contributed by atoms with E-state index in [0.717, 1.165) is 37.6 Å². The molecule has 0 amide bonds. The molecule has 0 spiro atoms. The molecule has 0 bridgehead atoms.